The van der Waals surface area contributed by atoms with E-state index in [1.807, 2.05) is 0 Å². The smallest absolute Gasteiger partial charge is 0.0849 e. The first-order valence-electron chi connectivity index (χ1n) is 6.74. The highest BCUT2D eigenvalue weighted by Crippen LogP contribution is 2.79. The molecule has 2 nitrogen and oxygen atoms in total. The Hall–Kier alpha value is -0.0800. The van der Waals surface area contributed by atoms with Crippen LogP contribution in [0.5, 0.6) is 0 Å². The van der Waals surface area contributed by atoms with Crippen LogP contribution in [0.25, 0.3) is 0 Å². The molecule has 2 heteroatoms. The molecule has 4 aliphatic rings. The molecule has 0 aromatic heterocycles. The molecule has 4 rings (SSSR count). The minimum Gasteiger partial charge on any atom is -0.390 e. The van der Waals surface area contributed by atoms with Gasteiger partial charge in [0.1, 0.15) is 0 Å². The number of hydrogen-bond acceptors (Lipinski definition) is 2. The first-order valence-corrected chi connectivity index (χ1v) is 6.74. The summed E-state index contributed by atoms with van der Waals surface area (Å²) in [6.07, 6.45) is 4.18. The van der Waals surface area contributed by atoms with Crippen molar-refractivity contribution in [2.45, 2.75) is 58.2 Å². The van der Waals surface area contributed by atoms with Crippen LogP contribution < -0.4 is 0 Å². The summed E-state index contributed by atoms with van der Waals surface area (Å²) in [4.78, 5) is 0. The van der Waals surface area contributed by atoms with E-state index in [9.17, 15) is 10.2 Å². The van der Waals surface area contributed by atoms with Gasteiger partial charge in [0.15, 0.2) is 0 Å². The van der Waals surface area contributed by atoms with Gasteiger partial charge in [-0.3, -0.25) is 0 Å². The summed E-state index contributed by atoms with van der Waals surface area (Å²) in [7, 11) is 0. The Bertz CT molecular complexity index is 290. The van der Waals surface area contributed by atoms with Crippen LogP contribution in [-0.2, 0) is 0 Å². The Kier molecular flexibility index (Phi) is 2.09. The summed E-state index contributed by atoms with van der Waals surface area (Å²) < 4.78 is 0. The van der Waals surface area contributed by atoms with E-state index in [1.165, 1.54) is 12.8 Å². The number of rotatable bonds is 4. The van der Waals surface area contributed by atoms with Gasteiger partial charge in [0.05, 0.1) is 11.7 Å². The Balaban J connectivity index is 1.60. The van der Waals surface area contributed by atoms with Gasteiger partial charge in [0, 0.05) is 0 Å². The van der Waals surface area contributed by atoms with Crippen LogP contribution in [0.2, 0.25) is 0 Å². The van der Waals surface area contributed by atoms with E-state index in [0.29, 0.717) is 5.41 Å². The quantitative estimate of drug-likeness (QED) is 0.768. The average Bonchev–Trinajstić information content (AvgIpc) is 2.54. The van der Waals surface area contributed by atoms with Crippen molar-refractivity contribution in [2.75, 3.05) is 0 Å². The van der Waals surface area contributed by atoms with Crippen molar-refractivity contribution in [1.29, 1.82) is 0 Å². The molecule has 0 spiro atoms. The van der Waals surface area contributed by atoms with Crippen molar-refractivity contribution in [1.82, 2.24) is 0 Å². The van der Waals surface area contributed by atoms with Gasteiger partial charge in [0.2, 0.25) is 0 Å². The van der Waals surface area contributed by atoms with E-state index < -0.39 is 11.7 Å². The number of aliphatic hydroxyl groups excluding tert-OH is 1. The maximum Gasteiger partial charge on any atom is 0.0849 e. The Morgan fingerprint density at radius 2 is 1.88 bits per heavy atom. The summed E-state index contributed by atoms with van der Waals surface area (Å²) in [6, 6.07) is 0. The molecule has 0 aliphatic heterocycles. The Labute approximate surface area is 98.1 Å². The van der Waals surface area contributed by atoms with E-state index in [0.717, 1.165) is 36.5 Å². The van der Waals surface area contributed by atoms with Crippen LogP contribution in [0.15, 0.2) is 0 Å². The number of hydrogen-bond donors (Lipinski definition) is 2. The Morgan fingerprint density at radius 1 is 1.31 bits per heavy atom. The molecule has 0 aromatic rings. The lowest BCUT2D eigenvalue weighted by Gasteiger charge is -2.32. The number of aliphatic hydroxyl groups is 2. The maximum atomic E-state index is 9.91. The zero-order valence-corrected chi connectivity index (χ0v) is 10.6. The largest absolute Gasteiger partial charge is 0.390 e. The fourth-order valence-corrected chi connectivity index (χ4v) is 4.80. The lowest BCUT2D eigenvalue weighted by atomic mass is 9.75. The molecular formula is C14H24O2. The summed E-state index contributed by atoms with van der Waals surface area (Å²) in [5, 5.41) is 19.7. The van der Waals surface area contributed by atoms with Crippen molar-refractivity contribution in [3.63, 3.8) is 0 Å². The van der Waals surface area contributed by atoms with Crippen molar-refractivity contribution in [3.8, 4) is 0 Å². The molecular weight excluding hydrogens is 200 g/mol. The highest BCUT2D eigenvalue weighted by molar-refractivity contribution is 5.21. The fraction of sp³-hybridized carbons (Fsp3) is 1.00. The summed E-state index contributed by atoms with van der Waals surface area (Å²) >= 11 is 0. The standard InChI is InChI=1S/C14H24O2/c1-13(2,16)11(15)4-5-14(3)8-6-9-10(7-8)12(9)14/h8-12,15-16H,4-7H2,1-3H3. The molecule has 4 atom stereocenters. The molecule has 16 heavy (non-hydrogen) atoms. The normalized spacial score (nSPS) is 50.8. The molecule has 4 unspecified atom stereocenters. The molecule has 92 valence electrons. The van der Waals surface area contributed by atoms with Crippen LogP contribution in [0.1, 0.15) is 46.5 Å². The van der Waals surface area contributed by atoms with E-state index >= 15 is 0 Å². The molecule has 4 saturated carbocycles. The van der Waals surface area contributed by atoms with E-state index in [-0.39, 0.29) is 0 Å². The minimum atomic E-state index is -0.944. The zero-order valence-electron chi connectivity index (χ0n) is 10.6. The van der Waals surface area contributed by atoms with Gasteiger partial charge in [0.25, 0.3) is 0 Å². The second-order valence-corrected chi connectivity index (χ2v) is 7.24. The highest BCUT2D eigenvalue weighted by atomic mass is 16.3. The van der Waals surface area contributed by atoms with Crippen LogP contribution in [0.3, 0.4) is 0 Å². The van der Waals surface area contributed by atoms with E-state index in [2.05, 4.69) is 6.92 Å². The molecule has 4 fully saturated rings. The molecule has 0 aromatic carbocycles. The van der Waals surface area contributed by atoms with Crippen LogP contribution >= 0.6 is 0 Å². The molecule has 2 N–H and O–H groups in total. The average molecular weight is 224 g/mol. The zero-order chi connectivity index (χ0) is 11.7. The second-order valence-electron chi connectivity index (χ2n) is 7.24. The monoisotopic (exact) mass is 224 g/mol. The first kappa shape index (κ1) is 11.0. The van der Waals surface area contributed by atoms with E-state index in [1.54, 1.807) is 13.8 Å². The van der Waals surface area contributed by atoms with Crippen molar-refractivity contribution in [2.24, 2.45) is 29.1 Å². The SMILES string of the molecule is CC(C)(O)C(O)CCC1(C)C2CC3C(C2)C31. The highest BCUT2D eigenvalue weighted by Gasteiger charge is 2.73. The fourth-order valence-electron chi connectivity index (χ4n) is 4.80. The van der Waals surface area contributed by atoms with Crippen LogP contribution in [0, 0.1) is 29.1 Å². The first-order chi connectivity index (χ1) is 7.34. The predicted molar refractivity (Wildman–Crippen MR) is 62.8 cm³/mol. The van der Waals surface area contributed by atoms with Gasteiger partial charge in [-0.2, -0.15) is 0 Å². The van der Waals surface area contributed by atoms with Gasteiger partial charge in [-0.1, -0.05) is 6.92 Å². The third-order valence-electron chi connectivity index (χ3n) is 5.91. The van der Waals surface area contributed by atoms with Crippen molar-refractivity contribution < 1.29 is 10.2 Å². The van der Waals surface area contributed by atoms with E-state index in [4.69, 9.17) is 0 Å². The molecule has 0 heterocycles. The maximum absolute atomic E-state index is 9.91. The third kappa shape index (κ3) is 1.32. The summed E-state index contributed by atoms with van der Waals surface area (Å²) in [5.74, 6) is 3.96. The molecule has 0 radical (unpaired) electrons. The third-order valence-corrected chi connectivity index (χ3v) is 5.91. The summed E-state index contributed by atoms with van der Waals surface area (Å²) in [5.41, 5.74) is -0.456. The topological polar surface area (TPSA) is 40.5 Å². The minimum absolute atomic E-state index is 0.488. The van der Waals surface area contributed by atoms with Gasteiger partial charge < -0.3 is 10.2 Å². The molecule has 4 bridgehead atoms. The van der Waals surface area contributed by atoms with Gasteiger partial charge in [-0.25, -0.2) is 0 Å². The second kappa shape index (κ2) is 3.02. The lowest BCUT2D eigenvalue weighted by molar-refractivity contribution is -0.0574. The van der Waals surface area contributed by atoms with Crippen molar-refractivity contribution in [3.05, 3.63) is 0 Å². The Morgan fingerprint density at radius 3 is 2.25 bits per heavy atom. The van der Waals surface area contributed by atoms with Crippen LogP contribution in [0.4, 0.5) is 0 Å². The van der Waals surface area contributed by atoms with Crippen LogP contribution in [-0.4, -0.2) is 21.9 Å². The molecule has 0 amide bonds. The van der Waals surface area contributed by atoms with Gasteiger partial charge in [-0.15, -0.1) is 0 Å². The van der Waals surface area contributed by atoms with Gasteiger partial charge in [-0.05, 0) is 68.6 Å². The van der Waals surface area contributed by atoms with Crippen molar-refractivity contribution >= 4 is 0 Å². The molecule has 4 aliphatic carbocycles. The predicted octanol–water partition coefficient (Wildman–Crippen LogP) is 2.19. The molecule has 0 saturated heterocycles. The van der Waals surface area contributed by atoms with Gasteiger partial charge >= 0.3 is 0 Å². The lowest BCUT2D eigenvalue weighted by Crippen LogP contribution is -2.37. The summed E-state index contributed by atoms with van der Waals surface area (Å²) in [6.45, 7) is 5.83.